The highest BCUT2D eigenvalue weighted by atomic mass is 32.1. The van der Waals surface area contributed by atoms with Crippen LogP contribution in [0.5, 0.6) is 5.75 Å². The average molecular weight is 757 g/mol. The van der Waals surface area contributed by atoms with Gasteiger partial charge < -0.3 is 24.8 Å². The molecule has 13 heteroatoms. The highest BCUT2D eigenvalue weighted by Gasteiger charge is 2.38. The second kappa shape index (κ2) is 21.3. The smallest absolute Gasteiger partial charge is 0.306 e. The van der Waals surface area contributed by atoms with Crippen LogP contribution in [-0.4, -0.2) is 108 Å². The Balaban J connectivity index is 1.80. The van der Waals surface area contributed by atoms with Gasteiger partial charge in [-0.05, 0) is 68.8 Å². The minimum absolute atomic E-state index is 0.00947. The Kier molecular flexibility index (Phi) is 17.5. The molecule has 12 nitrogen and oxygen atoms in total. The molecule has 2 aromatic rings. The highest BCUT2D eigenvalue weighted by molar-refractivity contribution is 7.12. The van der Waals surface area contributed by atoms with Crippen molar-refractivity contribution in [2.75, 3.05) is 41.0 Å². The first-order chi connectivity index (χ1) is 25.2. The van der Waals surface area contributed by atoms with Crippen LogP contribution in [-0.2, 0) is 25.5 Å². The van der Waals surface area contributed by atoms with Gasteiger partial charge in [0.15, 0.2) is 16.6 Å². The fraction of sp³-hybridized carbons (Fsp3) is 0.650. The Morgan fingerprint density at radius 3 is 2.34 bits per heavy atom. The number of hydrogen-bond acceptors (Lipinski definition) is 10. The zero-order valence-electron chi connectivity index (χ0n) is 32.8. The normalized spacial score (nSPS) is 17.7. The summed E-state index contributed by atoms with van der Waals surface area (Å²) in [5.74, 6) is -2.49. The number of hydrogen-bond donors (Lipinski definition) is 2. The number of aliphatic carboxylic acids is 1. The number of carbonyl (C=O) groups is 5. The number of likely N-dealkylation sites (N-methyl/N-ethyl adjacent to an activating group) is 1. The fourth-order valence-electron chi connectivity index (χ4n) is 7.01. The Morgan fingerprint density at radius 1 is 1.06 bits per heavy atom. The molecular formula is C40H60N4O8S. The molecule has 0 aliphatic carbocycles. The lowest BCUT2D eigenvalue weighted by atomic mass is 9.82. The summed E-state index contributed by atoms with van der Waals surface area (Å²) < 4.78 is 10.6. The summed E-state index contributed by atoms with van der Waals surface area (Å²) in [6, 6.07) is 6.17. The van der Waals surface area contributed by atoms with Crippen LogP contribution in [0, 0.1) is 23.7 Å². The monoisotopic (exact) mass is 756 g/mol. The molecule has 0 spiro atoms. The lowest BCUT2D eigenvalue weighted by molar-refractivity contribution is -0.144. The van der Waals surface area contributed by atoms with Gasteiger partial charge in [0.2, 0.25) is 5.91 Å². The number of likely N-dealkylation sites (tertiary alicyclic amines) is 1. The maximum absolute atomic E-state index is 14.5. The van der Waals surface area contributed by atoms with E-state index in [1.807, 2.05) is 59.0 Å². The highest BCUT2D eigenvalue weighted by Crippen LogP contribution is 2.29. The molecule has 1 saturated heterocycles. The number of amides is 2. The zero-order valence-corrected chi connectivity index (χ0v) is 33.6. The minimum Gasteiger partial charge on any atom is -0.497 e. The third kappa shape index (κ3) is 12.7. The molecule has 1 aliphatic rings. The van der Waals surface area contributed by atoms with Gasteiger partial charge in [0.25, 0.3) is 5.91 Å². The van der Waals surface area contributed by atoms with Gasteiger partial charge >= 0.3 is 5.97 Å². The molecule has 1 aliphatic heterocycles. The Hall–Kier alpha value is -3.68. The molecule has 6 unspecified atom stereocenters. The van der Waals surface area contributed by atoms with Crippen molar-refractivity contribution in [2.45, 2.75) is 104 Å². The second-order valence-electron chi connectivity index (χ2n) is 14.9. The van der Waals surface area contributed by atoms with E-state index in [2.05, 4.69) is 15.2 Å². The number of piperidine rings is 1. The Morgan fingerprint density at radius 2 is 1.75 bits per heavy atom. The predicted molar refractivity (Wildman–Crippen MR) is 205 cm³/mol. The van der Waals surface area contributed by atoms with Crippen molar-refractivity contribution < 1.29 is 38.6 Å². The number of benzene rings is 1. The lowest BCUT2D eigenvalue weighted by Crippen LogP contribution is -2.51. The number of carboxylic acids is 1. The van der Waals surface area contributed by atoms with E-state index in [9.17, 15) is 29.1 Å². The van der Waals surface area contributed by atoms with Gasteiger partial charge in [0, 0.05) is 49.9 Å². The summed E-state index contributed by atoms with van der Waals surface area (Å²) in [6.07, 6.45) is 4.32. The summed E-state index contributed by atoms with van der Waals surface area (Å²) in [4.78, 5) is 75.2. The number of carbonyl (C=O) groups excluding carboxylic acids is 4. The van der Waals surface area contributed by atoms with Gasteiger partial charge in [-0.2, -0.15) is 0 Å². The van der Waals surface area contributed by atoms with Gasteiger partial charge in [0.1, 0.15) is 11.4 Å². The standard InChI is InChI=1S/C40H60N4O8S/c1-9-26(4)31(22-35(45)33-12-10-11-17-43(33)6)39(48)44(18-19-51-7)34(25(2)3)23-36(46)38-42-32(24-53-38)37(47)41-29(20-27(5)40(49)50)21-28-13-15-30(52-8)16-14-28/h13-16,24-27,29,31,33-34H,9-12,17-23H2,1-8H3,(H,41,47)(H,49,50). The number of methoxy groups -OCH3 is 2. The molecule has 2 N–H and O–H groups in total. The first-order valence-corrected chi connectivity index (χ1v) is 19.8. The summed E-state index contributed by atoms with van der Waals surface area (Å²) >= 11 is 1.06. The molecule has 2 amide bonds. The molecule has 6 atom stereocenters. The first-order valence-electron chi connectivity index (χ1n) is 18.9. The molecule has 0 bridgehead atoms. The molecule has 0 saturated carbocycles. The van der Waals surface area contributed by atoms with Crippen LogP contribution < -0.4 is 10.1 Å². The largest absolute Gasteiger partial charge is 0.497 e. The maximum Gasteiger partial charge on any atom is 0.306 e. The first kappa shape index (κ1) is 43.7. The molecule has 0 radical (unpaired) electrons. The molecule has 3 rings (SSSR count). The number of nitrogens with zero attached hydrogens (tertiary/aromatic N) is 3. The third-order valence-corrected chi connectivity index (χ3v) is 11.5. The molecule has 53 heavy (non-hydrogen) atoms. The van der Waals surface area contributed by atoms with Crippen LogP contribution in [0.15, 0.2) is 29.6 Å². The number of ketones is 2. The van der Waals surface area contributed by atoms with Crippen molar-refractivity contribution in [3.05, 3.63) is 45.9 Å². The van der Waals surface area contributed by atoms with Crippen LogP contribution in [0.3, 0.4) is 0 Å². The van der Waals surface area contributed by atoms with Gasteiger partial charge in [-0.1, -0.05) is 59.6 Å². The predicted octanol–water partition coefficient (Wildman–Crippen LogP) is 5.78. The number of thiazole rings is 1. The minimum atomic E-state index is -0.961. The van der Waals surface area contributed by atoms with Crippen LogP contribution in [0.1, 0.15) is 105 Å². The third-order valence-electron chi connectivity index (χ3n) is 10.6. The van der Waals surface area contributed by atoms with Gasteiger partial charge in [0.05, 0.1) is 25.7 Å². The van der Waals surface area contributed by atoms with Crippen LogP contribution in [0.4, 0.5) is 0 Å². The van der Waals surface area contributed by atoms with Crippen molar-refractivity contribution in [1.82, 2.24) is 20.1 Å². The summed E-state index contributed by atoms with van der Waals surface area (Å²) in [5.41, 5.74) is 0.967. The number of carboxylic acid groups (broad SMARTS) is 1. The SMILES string of the molecule is CCC(C)C(CC(=O)C1CCCCN1C)C(=O)N(CCOC)C(CC(=O)c1nc(C(=O)NC(Cc2ccc(OC)cc2)CC(C)C(=O)O)cs1)C(C)C. The molecular weight excluding hydrogens is 697 g/mol. The van der Waals surface area contributed by atoms with Crippen molar-refractivity contribution >= 4 is 40.7 Å². The summed E-state index contributed by atoms with van der Waals surface area (Å²) in [7, 11) is 5.12. The summed E-state index contributed by atoms with van der Waals surface area (Å²) in [5, 5.41) is 14.2. The van der Waals surface area contributed by atoms with Gasteiger partial charge in [-0.25, -0.2) is 4.98 Å². The lowest BCUT2D eigenvalue weighted by Gasteiger charge is -2.38. The van der Waals surface area contributed by atoms with Crippen molar-refractivity contribution in [1.29, 1.82) is 0 Å². The van der Waals surface area contributed by atoms with E-state index in [1.54, 1.807) is 26.0 Å². The topological polar surface area (TPSA) is 155 Å². The van der Waals surface area contributed by atoms with Gasteiger partial charge in [-0.3, -0.25) is 28.9 Å². The van der Waals surface area contributed by atoms with Crippen molar-refractivity contribution in [3.8, 4) is 5.75 Å². The molecule has 2 heterocycles. The number of ether oxygens (including phenoxy) is 2. The van der Waals surface area contributed by atoms with E-state index >= 15 is 0 Å². The van der Waals surface area contributed by atoms with E-state index in [-0.39, 0.29) is 78.5 Å². The van der Waals surface area contributed by atoms with Crippen LogP contribution in [0.25, 0.3) is 0 Å². The molecule has 294 valence electrons. The van der Waals surface area contributed by atoms with E-state index in [0.717, 1.165) is 49.1 Å². The fourth-order valence-corrected chi connectivity index (χ4v) is 7.76. The van der Waals surface area contributed by atoms with E-state index in [0.29, 0.717) is 12.2 Å². The van der Waals surface area contributed by atoms with Gasteiger partial charge in [-0.15, -0.1) is 11.3 Å². The Bertz CT molecular complexity index is 1510. The number of Topliss-reactive ketones (excluding diaryl/α,β-unsaturated/α-hetero) is 2. The number of rotatable bonds is 22. The van der Waals surface area contributed by atoms with Crippen molar-refractivity contribution in [3.63, 3.8) is 0 Å². The Labute approximate surface area is 319 Å². The average Bonchev–Trinajstić information content (AvgIpc) is 3.64. The quantitative estimate of drug-likeness (QED) is 0.141. The molecule has 1 aromatic carbocycles. The zero-order chi connectivity index (χ0) is 39.2. The van der Waals surface area contributed by atoms with Crippen molar-refractivity contribution in [2.24, 2.45) is 23.7 Å². The van der Waals surface area contributed by atoms with E-state index < -0.39 is 35.8 Å². The van der Waals surface area contributed by atoms with Crippen LogP contribution >= 0.6 is 11.3 Å². The summed E-state index contributed by atoms with van der Waals surface area (Å²) in [6.45, 7) is 11.0. The number of aromatic nitrogens is 1. The second-order valence-corrected chi connectivity index (χ2v) is 15.7. The maximum atomic E-state index is 14.5. The van der Waals surface area contributed by atoms with E-state index in [1.165, 1.54) is 5.38 Å². The van der Waals surface area contributed by atoms with E-state index in [4.69, 9.17) is 9.47 Å². The molecule has 1 aromatic heterocycles. The van der Waals surface area contributed by atoms with Crippen LogP contribution in [0.2, 0.25) is 0 Å². The number of nitrogens with one attached hydrogen (secondary N) is 1. The molecule has 1 fully saturated rings.